The Labute approximate surface area is 90.4 Å². The molecule has 84 valence electrons. The van der Waals surface area contributed by atoms with Crippen molar-refractivity contribution in [3.63, 3.8) is 0 Å². The van der Waals surface area contributed by atoms with Crippen molar-refractivity contribution in [1.29, 1.82) is 0 Å². The average Bonchev–Trinajstić information content (AvgIpc) is 2.61. The first-order valence-electron chi connectivity index (χ1n) is 4.64. The summed E-state index contributed by atoms with van der Waals surface area (Å²) in [4.78, 5) is 3.59. The van der Waals surface area contributed by atoms with E-state index in [2.05, 4.69) is 4.98 Å². The lowest BCUT2D eigenvalue weighted by molar-refractivity contribution is -0.140. The van der Waals surface area contributed by atoms with Crippen molar-refractivity contribution < 1.29 is 13.2 Å². The summed E-state index contributed by atoms with van der Waals surface area (Å²) in [6, 6.07) is 8.77. The molecule has 0 fully saturated rings. The number of hydrogen-bond acceptors (Lipinski definition) is 1. The molecule has 0 N–H and O–H groups in total. The minimum atomic E-state index is -4.40. The van der Waals surface area contributed by atoms with Crippen LogP contribution in [0.2, 0.25) is 0 Å². The molecule has 1 heterocycles. The molecule has 0 unspecified atom stereocenters. The highest BCUT2D eigenvalue weighted by molar-refractivity contribution is 5.55. The number of rotatable bonds is 1. The van der Waals surface area contributed by atoms with Crippen molar-refractivity contribution in [2.45, 2.75) is 6.18 Å². The lowest BCUT2D eigenvalue weighted by Crippen LogP contribution is -2.04. The summed E-state index contributed by atoms with van der Waals surface area (Å²) in [5.41, 5.74) is -0.200. The molecule has 1 aromatic heterocycles. The van der Waals surface area contributed by atoms with E-state index >= 15 is 0 Å². The third-order valence-electron chi connectivity index (χ3n) is 2.20. The molecule has 0 radical (unpaired) electrons. The summed E-state index contributed by atoms with van der Waals surface area (Å²) >= 11 is 0. The van der Waals surface area contributed by atoms with E-state index in [1.807, 2.05) is 0 Å². The fourth-order valence-corrected chi connectivity index (χ4v) is 1.46. The van der Waals surface area contributed by atoms with Gasteiger partial charge in [0, 0.05) is 18.8 Å². The molecule has 0 atom stereocenters. The van der Waals surface area contributed by atoms with Crippen molar-refractivity contribution in [3.8, 4) is 11.4 Å². The molecule has 0 saturated heterocycles. The van der Waals surface area contributed by atoms with Gasteiger partial charge in [-0.15, -0.1) is 0 Å². The number of imidazole rings is 1. The van der Waals surface area contributed by atoms with Crippen LogP contribution in [0, 0.1) is 0 Å². The molecule has 0 bridgehead atoms. The largest absolute Gasteiger partial charge is 0.434 e. The van der Waals surface area contributed by atoms with E-state index in [-0.39, 0.29) is 0 Å². The zero-order chi connectivity index (χ0) is 11.8. The highest BCUT2D eigenvalue weighted by Crippen LogP contribution is 2.30. The van der Waals surface area contributed by atoms with Gasteiger partial charge in [-0.3, -0.25) is 0 Å². The van der Waals surface area contributed by atoms with Crippen LogP contribution in [0.15, 0.2) is 36.5 Å². The molecule has 0 spiro atoms. The van der Waals surface area contributed by atoms with Crippen molar-refractivity contribution >= 4 is 0 Å². The first-order chi connectivity index (χ1) is 7.48. The molecular weight excluding hydrogens is 217 g/mol. The minimum absolute atomic E-state index is 0.313. The Morgan fingerprint density at radius 1 is 1.12 bits per heavy atom. The van der Waals surface area contributed by atoms with Crippen molar-refractivity contribution in [3.05, 3.63) is 42.2 Å². The number of hydrogen-bond donors (Lipinski definition) is 0. The van der Waals surface area contributed by atoms with Crippen LogP contribution in [0.5, 0.6) is 0 Å². The first-order valence-corrected chi connectivity index (χ1v) is 4.64. The van der Waals surface area contributed by atoms with Gasteiger partial charge in [-0.2, -0.15) is 13.2 Å². The van der Waals surface area contributed by atoms with Gasteiger partial charge in [0.15, 0.2) is 5.69 Å². The monoisotopic (exact) mass is 226 g/mol. The molecule has 0 aliphatic heterocycles. The van der Waals surface area contributed by atoms with E-state index in [9.17, 15) is 13.2 Å². The maximum atomic E-state index is 12.4. The SMILES string of the molecule is Cn1cc(C(F)(F)F)nc1-c1ccccc1. The molecule has 1 aromatic carbocycles. The zero-order valence-electron chi connectivity index (χ0n) is 8.49. The molecule has 5 heteroatoms. The van der Waals surface area contributed by atoms with Gasteiger partial charge in [-0.05, 0) is 0 Å². The third-order valence-corrected chi connectivity index (χ3v) is 2.20. The molecule has 2 rings (SSSR count). The Kier molecular flexibility index (Phi) is 2.46. The summed E-state index contributed by atoms with van der Waals surface area (Å²) in [7, 11) is 1.55. The Morgan fingerprint density at radius 2 is 1.75 bits per heavy atom. The van der Waals surface area contributed by atoms with E-state index in [0.717, 1.165) is 6.20 Å². The second-order valence-electron chi connectivity index (χ2n) is 3.42. The van der Waals surface area contributed by atoms with Crippen LogP contribution in [0.25, 0.3) is 11.4 Å². The van der Waals surface area contributed by atoms with E-state index in [1.165, 1.54) is 4.57 Å². The Hall–Kier alpha value is -1.78. The lowest BCUT2D eigenvalue weighted by Gasteiger charge is -2.00. The zero-order valence-corrected chi connectivity index (χ0v) is 8.49. The number of halogens is 3. The van der Waals surface area contributed by atoms with Crippen molar-refractivity contribution in [2.24, 2.45) is 7.05 Å². The smallest absolute Gasteiger partial charge is 0.333 e. The van der Waals surface area contributed by atoms with Gasteiger partial charge < -0.3 is 4.57 Å². The minimum Gasteiger partial charge on any atom is -0.333 e. The standard InChI is InChI=1S/C11H9F3N2/c1-16-7-9(11(12,13)14)15-10(16)8-5-3-2-4-6-8/h2-7H,1H3. The number of aromatic nitrogens is 2. The molecule has 0 aliphatic carbocycles. The molecule has 0 amide bonds. The maximum absolute atomic E-state index is 12.4. The van der Waals surface area contributed by atoms with Crippen LogP contribution in [0.1, 0.15) is 5.69 Å². The van der Waals surface area contributed by atoms with Crippen molar-refractivity contribution in [2.75, 3.05) is 0 Å². The Balaban J connectivity index is 2.48. The van der Waals surface area contributed by atoms with E-state index in [1.54, 1.807) is 37.4 Å². The van der Waals surface area contributed by atoms with Gasteiger partial charge >= 0.3 is 6.18 Å². The lowest BCUT2D eigenvalue weighted by atomic mass is 10.2. The van der Waals surface area contributed by atoms with Gasteiger partial charge in [-0.25, -0.2) is 4.98 Å². The number of alkyl halides is 3. The van der Waals surface area contributed by atoms with Crippen LogP contribution in [0.4, 0.5) is 13.2 Å². The number of benzene rings is 1. The fraction of sp³-hybridized carbons (Fsp3) is 0.182. The van der Waals surface area contributed by atoms with E-state index in [0.29, 0.717) is 11.4 Å². The van der Waals surface area contributed by atoms with Gasteiger partial charge in [0.05, 0.1) is 0 Å². The second kappa shape index (κ2) is 3.66. The summed E-state index contributed by atoms with van der Waals surface area (Å²) in [6.45, 7) is 0. The number of nitrogens with zero attached hydrogens (tertiary/aromatic N) is 2. The molecule has 0 aliphatic rings. The predicted octanol–water partition coefficient (Wildman–Crippen LogP) is 3.11. The molecule has 2 nitrogen and oxygen atoms in total. The van der Waals surface area contributed by atoms with Crippen LogP contribution in [-0.2, 0) is 13.2 Å². The van der Waals surface area contributed by atoms with Crippen LogP contribution >= 0.6 is 0 Å². The van der Waals surface area contributed by atoms with E-state index in [4.69, 9.17) is 0 Å². The summed E-state index contributed by atoms with van der Waals surface area (Å²) in [6.07, 6.45) is -3.41. The summed E-state index contributed by atoms with van der Waals surface area (Å²) in [5, 5.41) is 0. The molecule has 2 aromatic rings. The van der Waals surface area contributed by atoms with Gasteiger partial charge in [0.1, 0.15) is 5.82 Å². The first kappa shape index (κ1) is 10.7. The third kappa shape index (κ3) is 1.93. The highest BCUT2D eigenvalue weighted by Gasteiger charge is 2.34. The van der Waals surface area contributed by atoms with Crippen molar-refractivity contribution in [1.82, 2.24) is 9.55 Å². The topological polar surface area (TPSA) is 17.8 Å². The number of aryl methyl sites for hydroxylation is 1. The average molecular weight is 226 g/mol. The Morgan fingerprint density at radius 3 is 2.25 bits per heavy atom. The summed E-state index contributed by atoms with van der Waals surface area (Å²) < 4.78 is 38.6. The quantitative estimate of drug-likeness (QED) is 0.730. The molecule has 16 heavy (non-hydrogen) atoms. The Bertz CT molecular complexity index is 486. The van der Waals surface area contributed by atoms with Gasteiger partial charge in [0.25, 0.3) is 0 Å². The molecular formula is C11H9F3N2. The second-order valence-corrected chi connectivity index (χ2v) is 3.42. The molecule has 0 saturated carbocycles. The highest BCUT2D eigenvalue weighted by atomic mass is 19.4. The van der Waals surface area contributed by atoms with Crippen LogP contribution < -0.4 is 0 Å². The predicted molar refractivity (Wildman–Crippen MR) is 53.6 cm³/mol. The maximum Gasteiger partial charge on any atom is 0.434 e. The van der Waals surface area contributed by atoms with Gasteiger partial charge in [0.2, 0.25) is 0 Å². The summed E-state index contributed by atoms with van der Waals surface area (Å²) in [5.74, 6) is 0.313. The fourth-order valence-electron chi connectivity index (χ4n) is 1.46. The van der Waals surface area contributed by atoms with E-state index < -0.39 is 11.9 Å². The van der Waals surface area contributed by atoms with Gasteiger partial charge in [-0.1, -0.05) is 30.3 Å². The van der Waals surface area contributed by atoms with Crippen LogP contribution in [0.3, 0.4) is 0 Å². The normalized spacial score (nSPS) is 11.8. The van der Waals surface area contributed by atoms with Crippen LogP contribution in [-0.4, -0.2) is 9.55 Å².